The molecule has 2 unspecified atom stereocenters. The van der Waals surface area contributed by atoms with E-state index in [-0.39, 0.29) is 24.2 Å². The van der Waals surface area contributed by atoms with Crippen LogP contribution in [-0.2, 0) is 13.1 Å². The monoisotopic (exact) mass is 466 g/mol. The van der Waals surface area contributed by atoms with Gasteiger partial charge in [0.05, 0.1) is 29.7 Å². The summed E-state index contributed by atoms with van der Waals surface area (Å²) in [5.74, 6) is 0.536. The number of fused-ring (bicyclic) bond motifs is 1. The molecule has 5 heterocycles. The molecule has 0 bridgehead atoms. The van der Waals surface area contributed by atoms with Crippen LogP contribution >= 0.6 is 0 Å². The molecule has 3 N–H and O–H groups in total. The standard InChI is InChI=1S/C23H30N8O3/c1-14-9-30(15(2)8-29(14)10-17-12-34-13-25-17)23(33)31-11-18-20(16(31)3)27-28-21(18)26-22(32)19-6-4-5-7-24-19/h4-7,12-16,22,32H,8-11H2,1-3H3,(H2,26,27,28)/t14-,15+,16?,22?/m1/s1. The highest BCUT2D eigenvalue weighted by Gasteiger charge is 2.40. The zero-order chi connectivity index (χ0) is 23.8. The number of piperazine rings is 1. The zero-order valence-corrected chi connectivity index (χ0v) is 19.5. The Morgan fingerprint density at radius 3 is 2.82 bits per heavy atom. The second-order valence-corrected chi connectivity index (χ2v) is 9.11. The molecule has 1 fully saturated rings. The average Bonchev–Trinajstić information content (AvgIpc) is 3.56. The van der Waals surface area contributed by atoms with Gasteiger partial charge in [0.15, 0.2) is 18.4 Å². The van der Waals surface area contributed by atoms with E-state index in [0.29, 0.717) is 31.1 Å². The van der Waals surface area contributed by atoms with Crippen LogP contribution in [0.4, 0.5) is 10.6 Å². The first-order valence-electron chi connectivity index (χ1n) is 11.5. The highest BCUT2D eigenvalue weighted by molar-refractivity contribution is 5.77. The summed E-state index contributed by atoms with van der Waals surface area (Å²) in [5.41, 5.74) is 3.17. The highest BCUT2D eigenvalue weighted by Crippen LogP contribution is 2.37. The highest BCUT2D eigenvalue weighted by atomic mass is 16.3. The van der Waals surface area contributed by atoms with Crippen LogP contribution < -0.4 is 5.32 Å². The van der Waals surface area contributed by atoms with Gasteiger partial charge in [0.1, 0.15) is 6.26 Å². The maximum atomic E-state index is 13.6. The maximum absolute atomic E-state index is 13.6. The molecule has 0 aliphatic carbocycles. The van der Waals surface area contributed by atoms with Gasteiger partial charge in [-0.2, -0.15) is 5.10 Å². The van der Waals surface area contributed by atoms with Gasteiger partial charge in [-0.25, -0.2) is 9.78 Å². The first-order chi connectivity index (χ1) is 16.4. The van der Waals surface area contributed by atoms with Gasteiger partial charge in [-0.3, -0.25) is 15.0 Å². The molecule has 5 rings (SSSR count). The van der Waals surface area contributed by atoms with Crippen molar-refractivity contribution in [2.75, 3.05) is 18.4 Å². The molecule has 2 aliphatic heterocycles. The van der Waals surface area contributed by atoms with E-state index in [1.165, 1.54) is 6.39 Å². The van der Waals surface area contributed by atoms with Crippen LogP contribution in [0.5, 0.6) is 0 Å². The first kappa shape index (κ1) is 22.4. The van der Waals surface area contributed by atoms with Crippen molar-refractivity contribution in [2.45, 2.75) is 58.2 Å². The second-order valence-electron chi connectivity index (χ2n) is 9.11. The SMILES string of the molecule is CC1c2[nH]nc(NC(O)c3ccccn3)c2CN1C(=O)N1C[C@@H](C)N(Cc2cocn2)C[C@@H]1C. The molecule has 0 radical (unpaired) electrons. The molecule has 3 aromatic rings. The van der Waals surface area contributed by atoms with Gasteiger partial charge in [0, 0.05) is 43.5 Å². The van der Waals surface area contributed by atoms with Gasteiger partial charge >= 0.3 is 6.03 Å². The molecule has 3 aromatic heterocycles. The fraction of sp³-hybridized carbons (Fsp3) is 0.478. The van der Waals surface area contributed by atoms with Gasteiger partial charge in [0.25, 0.3) is 0 Å². The van der Waals surface area contributed by atoms with Crippen molar-refractivity contribution < 1.29 is 14.3 Å². The summed E-state index contributed by atoms with van der Waals surface area (Å²) in [7, 11) is 0. The molecule has 4 atom stereocenters. The lowest BCUT2D eigenvalue weighted by atomic mass is 10.1. The lowest BCUT2D eigenvalue weighted by Crippen LogP contribution is -2.59. The molecule has 0 spiro atoms. The number of pyridine rings is 1. The van der Waals surface area contributed by atoms with E-state index in [0.717, 1.165) is 23.5 Å². The van der Waals surface area contributed by atoms with Crippen LogP contribution in [-0.4, -0.2) is 71.2 Å². The van der Waals surface area contributed by atoms with Gasteiger partial charge in [0.2, 0.25) is 0 Å². The van der Waals surface area contributed by atoms with Crippen molar-refractivity contribution in [3.8, 4) is 0 Å². The predicted molar refractivity (Wildman–Crippen MR) is 123 cm³/mol. The Morgan fingerprint density at radius 1 is 1.24 bits per heavy atom. The Kier molecular flexibility index (Phi) is 5.96. The lowest BCUT2D eigenvalue weighted by Gasteiger charge is -2.45. The number of anilines is 1. The number of amides is 2. The number of oxazole rings is 1. The molecule has 11 nitrogen and oxygen atoms in total. The molecule has 2 amide bonds. The van der Waals surface area contributed by atoms with Crippen molar-refractivity contribution in [1.82, 2.24) is 34.9 Å². The maximum Gasteiger partial charge on any atom is 0.321 e. The first-order valence-corrected chi connectivity index (χ1v) is 11.5. The van der Waals surface area contributed by atoms with Gasteiger partial charge < -0.3 is 24.6 Å². The number of urea groups is 1. The van der Waals surface area contributed by atoms with Gasteiger partial charge in [-0.1, -0.05) is 6.07 Å². The number of rotatable bonds is 5. The van der Waals surface area contributed by atoms with E-state index in [9.17, 15) is 9.90 Å². The molecular weight excluding hydrogens is 436 g/mol. The second kappa shape index (κ2) is 9.07. The molecule has 34 heavy (non-hydrogen) atoms. The van der Waals surface area contributed by atoms with Crippen LogP contribution in [0.2, 0.25) is 0 Å². The smallest absolute Gasteiger partial charge is 0.321 e. The zero-order valence-electron chi connectivity index (χ0n) is 19.5. The van der Waals surface area contributed by atoms with Crippen LogP contribution in [0, 0.1) is 0 Å². The minimum atomic E-state index is -0.993. The topological polar surface area (TPSA) is 127 Å². The average molecular weight is 467 g/mol. The fourth-order valence-corrected chi connectivity index (χ4v) is 4.81. The van der Waals surface area contributed by atoms with E-state index in [1.54, 1.807) is 24.6 Å². The largest absolute Gasteiger partial charge is 0.451 e. The number of aliphatic hydroxyl groups is 1. The van der Waals surface area contributed by atoms with Gasteiger partial charge in [-0.15, -0.1) is 0 Å². The van der Waals surface area contributed by atoms with E-state index >= 15 is 0 Å². The Labute approximate surface area is 197 Å². The third kappa shape index (κ3) is 4.12. The van der Waals surface area contributed by atoms with E-state index < -0.39 is 6.23 Å². The number of carbonyl (C=O) groups excluding carboxylic acids is 1. The normalized spacial score (nSPS) is 23.7. The molecule has 180 valence electrons. The number of aromatic amines is 1. The molecule has 2 aliphatic rings. The number of H-pyrrole nitrogens is 1. The van der Waals surface area contributed by atoms with E-state index in [4.69, 9.17) is 4.42 Å². The van der Waals surface area contributed by atoms with Crippen molar-refractivity contribution >= 4 is 11.8 Å². The predicted octanol–water partition coefficient (Wildman–Crippen LogP) is 2.49. The number of hydrogen-bond acceptors (Lipinski definition) is 8. The summed E-state index contributed by atoms with van der Waals surface area (Å²) in [5, 5.41) is 20.9. The summed E-state index contributed by atoms with van der Waals surface area (Å²) < 4.78 is 5.10. The van der Waals surface area contributed by atoms with Crippen molar-refractivity contribution in [3.63, 3.8) is 0 Å². The van der Waals surface area contributed by atoms with Crippen LogP contribution in [0.3, 0.4) is 0 Å². The number of hydrogen-bond donors (Lipinski definition) is 3. The van der Waals surface area contributed by atoms with E-state index in [2.05, 4.69) is 44.2 Å². The summed E-state index contributed by atoms with van der Waals surface area (Å²) in [6, 6.07) is 5.47. The molecule has 1 saturated heterocycles. The Morgan fingerprint density at radius 2 is 2.09 bits per heavy atom. The summed E-state index contributed by atoms with van der Waals surface area (Å²) in [4.78, 5) is 28.2. The summed E-state index contributed by atoms with van der Waals surface area (Å²) >= 11 is 0. The summed E-state index contributed by atoms with van der Waals surface area (Å²) in [6.07, 6.45) is 3.75. The van der Waals surface area contributed by atoms with Crippen LogP contribution in [0.25, 0.3) is 0 Å². The van der Waals surface area contributed by atoms with E-state index in [1.807, 2.05) is 22.8 Å². The Balaban J connectivity index is 1.26. The Bertz CT molecular complexity index is 1120. The molecule has 0 aromatic carbocycles. The quantitative estimate of drug-likeness (QED) is 0.490. The fourth-order valence-electron chi connectivity index (χ4n) is 4.81. The number of nitrogens with one attached hydrogen (secondary N) is 2. The minimum Gasteiger partial charge on any atom is -0.451 e. The third-order valence-corrected chi connectivity index (χ3v) is 6.81. The molecule has 0 saturated carbocycles. The molecule has 11 heteroatoms. The van der Waals surface area contributed by atoms with Crippen molar-refractivity contribution in [3.05, 3.63) is 59.7 Å². The van der Waals surface area contributed by atoms with Crippen molar-refractivity contribution in [1.29, 1.82) is 0 Å². The minimum absolute atomic E-state index is 0.00811. The lowest BCUT2D eigenvalue weighted by molar-refractivity contribution is 0.0404. The van der Waals surface area contributed by atoms with Crippen LogP contribution in [0.15, 0.2) is 41.5 Å². The Hall–Kier alpha value is -3.44. The third-order valence-electron chi connectivity index (χ3n) is 6.81. The summed E-state index contributed by atoms with van der Waals surface area (Å²) in [6.45, 7) is 8.73. The molecular formula is C23H30N8O3. The van der Waals surface area contributed by atoms with Gasteiger partial charge in [-0.05, 0) is 32.9 Å². The van der Waals surface area contributed by atoms with Crippen LogP contribution in [0.1, 0.15) is 55.7 Å². The number of carbonyl (C=O) groups is 1. The van der Waals surface area contributed by atoms with Crippen molar-refractivity contribution in [2.24, 2.45) is 0 Å². The number of aliphatic hydroxyl groups excluding tert-OH is 1. The number of aromatic nitrogens is 4. The number of nitrogens with zero attached hydrogens (tertiary/aromatic N) is 6.